The second-order valence-corrected chi connectivity index (χ2v) is 5.44. The van der Waals surface area contributed by atoms with Gasteiger partial charge in [-0.15, -0.1) is 0 Å². The van der Waals surface area contributed by atoms with Gasteiger partial charge in [-0.2, -0.15) is 0 Å². The van der Waals surface area contributed by atoms with Crippen molar-refractivity contribution in [2.24, 2.45) is 0 Å². The van der Waals surface area contributed by atoms with Crippen LogP contribution in [-0.2, 0) is 0 Å². The number of rotatable bonds is 3. The molecule has 1 aliphatic carbocycles. The van der Waals surface area contributed by atoms with Crippen molar-refractivity contribution in [3.8, 4) is 0 Å². The molecule has 0 amide bonds. The quantitative estimate of drug-likeness (QED) is 0.747. The van der Waals surface area contributed by atoms with Crippen molar-refractivity contribution in [2.45, 2.75) is 76.4 Å². The molecule has 15 heavy (non-hydrogen) atoms. The average molecular weight is 210 g/mol. The summed E-state index contributed by atoms with van der Waals surface area (Å²) in [4.78, 5) is 0. The van der Waals surface area contributed by atoms with Crippen LogP contribution in [0.25, 0.3) is 0 Å². The molecule has 2 heteroatoms. The van der Waals surface area contributed by atoms with Crippen molar-refractivity contribution < 1.29 is 0 Å². The number of hydrogen-bond acceptors (Lipinski definition) is 2. The summed E-state index contributed by atoms with van der Waals surface area (Å²) >= 11 is 0. The topological polar surface area (TPSA) is 24.1 Å². The molecule has 2 unspecified atom stereocenters. The van der Waals surface area contributed by atoms with E-state index < -0.39 is 0 Å². The van der Waals surface area contributed by atoms with Crippen LogP contribution >= 0.6 is 0 Å². The molecule has 0 aromatic carbocycles. The average Bonchev–Trinajstić information content (AvgIpc) is 2.28. The van der Waals surface area contributed by atoms with Crippen LogP contribution in [0.4, 0.5) is 0 Å². The van der Waals surface area contributed by atoms with Crippen molar-refractivity contribution in [1.82, 2.24) is 10.6 Å². The predicted octanol–water partition coefficient (Wildman–Crippen LogP) is 2.44. The predicted molar refractivity (Wildman–Crippen MR) is 65.1 cm³/mol. The zero-order valence-electron chi connectivity index (χ0n) is 10.1. The highest BCUT2D eigenvalue weighted by Gasteiger charge is 2.19. The van der Waals surface area contributed by atoms with Gasteiger partial charge in [0.15, 0.2) is 0 Å². The van der Waals surface area contributed by atoms with Crippen molar-refractivity contribution in [1.29, 1.82) is 0 Å². The fourth-order valence-electron chi connectivity index (χ4n) is 3.02. The maximum atomic E-state index is 3.75. The highest BCUT2D eigenvalue weighted by atomic mass is 15.0. The molecule has 2 atom stereocenters. The SMILES string of the molecule is CC1CCCC(CNC2CCCCC2)N1. The Balaban J connectivity index is 1.63. The summed E-state index contributed by atoms with van der Waals surface area (Å²) in [7, 11) is 0. The summed E-state index contributed by atoms with van der Waals surface area (Å²) in [6.45, 7) is 3.50. The highest BCUT2D eigenvalue weighted by molar-refractivity contribution is 4.81. The minimum Gasteiger partial charge on any atom is -0.312 e. The zero-order chi connectivity index (χ0) is 10.5. The molecule has 1 saturated heterocycles. The van der Waals surface area contributed by atoms with Crippen molar-refractivity contribution >= 4 is 0 Å². The first-order valence-corrected chi connectivity index (χ1v) is 6.84. The lowest BCUT2D eigenvalue weighted by atomic mass is 9.94. The van der Waals surface area contributed by atoms with Gasteiger partial charge in [-0.1, -0.05) is 25.7 Å². The third-order valence-corrected chi connectivity index (χ3v) is 3.97. The molecule has 0 spiro atoms. The molecule has 2 fully saturated rings. The van der Waals surface area contributed by atoms with E-state index in [1.165, 1.54) is 57.9 Å². The van der Waals surface area contributed by atoms with E-state index in [-0.39, 0.29) is 0 Å². The normalized spacial score (nSPS) is 34.2. The van der Waals surface area contributed by atoms with E-state index >= 15 is 0 Å². The van der Waals surface area contributed by atoms with Crippen molar-refractivity contribution in [2.75, 3.05) is 6.54 Å². The molecule has 2 nitrogen and oxygen atoms in total. The minimum atomic E-state index is 0.732. The van der Waals surface area contributed by atoms with Crippen LogP contribution in [0.3, 0.4) is 0 Å². The molecule has 2 rings (SSSR count). The van der Waals surface area contributed by atoms with Gasteiger partial charge in [0.2, 0.25) is 0 Å². The van der Waals surface area contributed by atoms with E-state index in [4.69, 9.17) is 0 Å². The third-order valence-electron chi connectivity index (χ3n) is 3.97. The van der Waals surface area contributed by atoms with Crippen molar-refractivity contribution in [3.63, 3.8) is 0 Å². The standard InChI is InChI=1S/C13H26N2/c1-11-6-5-9-13(15-11)10-14-12-7-3-2-4-8-12/h11-15H,2-10H2,1H3. The van der Waals surface area contributed by atoms with Crippen LogP contribution < -0.4 is 10.6 Å². The van der Waals surface area contributed by atoms with Gasteiger partial charge in [0.25, 0.3) is 0 Å². The van der Waals surface area contributed by atoms with Gasteiger partial charge in [0, 0.05) is 24.7 Å². The van der Waals surface area contributed by atoms with Gasteiger partial charge in [0.1, 0.15) is 0 Å². The van der Waals surface area contributed by atoms with Gasteiger partial charge in [0.05, 0.1) is 0 Å². The highest BCUT2D eigenvalue weighted by Crippen LogP contribution is 2.18. The molecule has 2 aliphatic rings. The molecule has 1 heterocycles. The van der Waals surface area contributed by atoms with Gasteiger partial charge in [-0.3, -0.25) is 0 Å². The molecular weight excluding hydrogens is 184 g/mol. The smallest absolute Gasteiger partial charge is 0.0195 e. The molecule has 0 aromatic rings. The number of nitrogens with one attached hydrogen (secondary N) is 2. The number of hydrogen-bond donors (Lipinski definition) is 2. The maximum Gasteiger partial charge on any atom is 0.0195 e. The Labute approximate surface area is 94.2 Å². The fourth-order valence-corrected chi connectivity index (χ4v) is 3.02. The van der Waals surface area contributed by atoms with Crippen LogP contribution in [0.2, 0.25) is 0 Å². The van der Waals surface area contributed by atoms with Crippen LogP contribution in [0.5, 0.6) is 0 Å². The van der Waals surface area contributed by atoms with Crippen LogP contribution in [0.1, 0.15) is 58.3 Å². The first-order valence-electron chi connectivity index (χ1n) is 6.84. The fraction of sp³-hybridized carbons (Fsp3) is 1.00. The lowest BCUT2D eigenvalue weighted by molar-refractivity contribution is 0.296. The molecule has 0 aromatic heterocycles. The summed E-state index contributed by atoms with van der Waals surface area (Å²) in [5, 5.41) is 7.44. The summed E-state index contributed by atoms with van der Waals surface area (Å²) in [5.74, 6) is 0. The maximum absolute atomic E-state index is 3.75. The molecule has 88 valence electrons. The van der Waals surface area contributed by atoms with E-state index in [1.807, 2.05) is 0 Å². The Bertz CT molecular complexity index is 175. The summed E-state index contributed by atoms with van der Waals surface area (Å²) < 4.78 is 0. The molecule has 0 bridgehead atoms. The summed E-state index contributed by atoms with van der Waals surface area (Å²) in [5.41, 5.74) is 0. The first kappa shape index (κ1) is 11.4. The van der Waals surface area contributed by atoms with E-state index in [0.29, 0.717) is 0 Å². The largest absolute Gasteiger partial charge is 0.312 e. The minimum absolute atomic E-state index is 0.732. The molecule has 1 aliphatic heterocycles. The van der Waals surface area contributed by atoms with Gasteiger partial charge in [-0.25, -0.2) is 0 Å². The van der Waals surface area contributed by atoms with E-state index in [9.17, 15) is 0 Å². The summed E-state index contributed by atoms with van der Waals surface area (Å²) in [6.07, 6.45) is 11.3. The lowest BCUT2D eigenvalue weighted by Gasteiger charge is -2.31. The first-order chi connectivity index (χ1) is 7.34. The van der Waals surface area contributed by atoms with Crippen LogP contribution in [0, 0.1) is 0 Å². The molecule has 0 radical (unpaired) electrons. The molecule has 1 saturated carbocycles. The zero-order valence-corrected chi connectivity index (χ0v) is 10.1. The second-order valence-electron chi connectivity index (χ2n) is 5.44. The Morgan fingerprint density at radius 2 is 1.80 bits per heavy atom. The van der Waals surface area contributed by atoms with E-state index in [1.54, 1.807) is 0 Å². The molecular formula is C13H26N2. The van der Waals surface area contributed by atoms with Gasteiger partial charge in [-0.05, 0) is 32.6 Å². The van der Waals surface area contributed by atoms with Gasteiger partial charge < -0.3 is 10.6 Å². The van der Waals surface area contributed by atoms with Gasteiger partial charge >= 0.3 is 0 Å². The number of piperidine rings is 1. The van der Waals surface area contributed by atoms with E-state index in [0.717, 1.165) is 18.1 Å². The Morgan fingerprint density at radius 3 is 2.53 bits per heavy atom. The second kappa shape index (κ2) is 5.86. The Kier molecular flexibility index (Phi) is 4.45. The molecule has 2 N–H and O–H groups in total. The Hall–Kier alpha value is -0.0800. The monoisotopic (exact) mass is 210 g/mol. The summed E-state index contributed by atoms with van der Waals surface area (Å²) in [6, 6.07) is 2.28. The van der Waals surface area contributed by atoms with E-state index in [2.05, 4.69) is 17.6 Å². The van der Waals surface area contributed by atoms with Crippen LogP contribution in [0.15, 0.2) is 0 Å². The third kappa shape index (κ3) is 3.76. The Morgan fingerprint density at radius 1 is 1.00 bits per heavy atom. The lowest BCUT2D eigenvalue weighted by Crippen LogP contribution is -2.48. The van der Waals surface area contributed by atoms with Crippen LogP contribution in [-0.4, -0.2) is 24.7 Å². The van der Waals surface area contributed by atoms with Crippen molar-refractivity contribution in [3.05, 3.63) is 0 Å².